The van der Waals surface area contributed by atoms with Crippen LogP contribution in [-0.2, 0) is 26.6 Å². The fourth-order valence-corrected chi connectivity index (χ4v) is 2.40. The molecule has 0 unspecified atom stereocenters. The third-order valence-corrected chi connectivity index (χ3v) is 3.46. The number of aromatic nitrogens is 2. The summed E-state index contributed by atoms with van der Waals surface area (Å²) in [7, 11) is 1.98. The third kappa shape index (κ3) is 3.44. The zero-order valence-electron chi connectivity index (χ0n) is 12.3. The van der Waals surface area contributed by atoms with Gasteiger partial charge in [0.2, 0.25) is 0 Å². The van der Waals surface area contributed by atoms with Crippen LogP contribution in [0.15, 0.2) is 24.4 Å². The van der Waals surface area contributed by atoms with Gasteiger partial charge in [0.25, 0.3) is 0 Å². The van der Waals surface area contributed by atoms with Gasteiger partial charge in [-0.1, -0.05) is 30.7 Å². The molecule has 0 radical (unpaired) electrons. The molecule has 0 atom stereocenters. The van der Waals surface area contributed by atoms with E-state index < -0.39 is 0 Å². The van der Waals surface area contributed by atoms with E-state index in [9.17, 15) is 0 Å². The Morgan fingerprint density at radius 3 is 2.58 bits per heavy atom. The number of hydrogen-bond acceptors (Lipinski definition) is 2. The maximum absolute atomic E-state index is 4.46. The average Bonchev–Trinajstić information content (AvgIpc) is 2.72. The van der Waals surface area contributed by atoms with Crippen molar-refractivity contribution in [3.05, 3.63) is 52.3 Å². The molecule has 0 aliphatic carbocycles. The molecular weight excluding hydrogens is 234 g/mol. The van der Waals surface area contributed by atoms with E-state index in [1.54, 1.807) is 0 Å². The molecule has 2 rings (SSSR count). The molecule has 0 amide bonds. The minimum Gasteiger partial charge on any atom is -0.308 e. The standard InChI is InChI=1S/C16H23N3/c1-5-16-15(11-19(4)18-16)10-17-9-14-7-6-12(2)8-13(14)3/h6-8,11,17H,5,9-10H2,1-4H3. The van der Waals surface area contributed by atoms with Gasteiger partial charge >= 0.3 is 0 Å². The molecule has 2 aromatic rings. The van der Waals surface area contributed by atoms with E-state index in [2.05, 4.69) is 55.6 Å². The Kier molecular flexibility index (Phi) is 4.38. The number of benzene rings is 1. The van der Waals surface area contributed by atoms with Gasteiger partial charge in [0.15, 0.2) is 0 Å². The first kappa shape index (κ1) is 13.8. The highest BCUT2D eigenvalue weighted by atomic mass is 15.3. The van der Waals surface area contributed by atoms with Crippen molar-refractivity contribution in [2.45, 2.75) is 40.3 Å². The highest BCUT2D eigenvalue weighted by molar-refractivity contribution is 5.30. The SMILES string of the molecule is CCc1nn(C)cc1CNCc1ccc(C)cc1C. The van der Waals surface area contributed by atoms with Gasteiger partial charge in [0.1, 0.15) is 0 Å². The zero-order chi connectivity index (χ0) is 13.8. The van der Waals surface area contributed by atoms with E-state index in [-0.39, 0.29) is 0 Å². The lowest BCUT2D eigenvalue weighted by Crippen LogP contribution is -2.14. The molecule has 0 spiro atoms. The molecule has 0 bridgehead atoms. The Labute approximate surface area is 115 Å². The Morgan fingerprint density at radius 2 is 1.89 bits per heavy atom. The molecule has 0 aliphatic heterocycles. The topological polar surface area (TPSA) is 29.9 Å². The van der Waals surface area contributed by atoms with Crippen molar-refractivity contribution in [3.8, 4) is 0 Å². The Bertz CT molecular complexity index is 555. The minimum absolute atomic E-state index is 0.879. The van der Waals surface area contributed by atoms with Gasteiger partial charge in [-0.15, -0.1) is 0 Å². The lowest BCUT2D eigenvalue weighted by atomic mass is 10.1. The lowest BCUT2D eigenvalue weighted by Gasteiger charge is -2.08. The quantitative estimate of drug-likeness (QED) is 0.892. The second-order valence-corrected chi connectivity index (χ2v) is 5.16. The van der Waals surface area contributed by atoms with E-state index in [1.807, 2.05) is 11.7 Å². The highest BCUT2D eigenvalue weighted by Crippen LogP contribution is 2.11. The normalized spacial score (nSPS) is 10.9. The number of rotatable bonds is 5. The predicted molar refractivity (Wildman–Crippen MR) is 79.0 cm³/mol. The van der Waals surface area contributed by atoms with Crippen LogP contribution in [0.5, 0.6) is 0 Å². The van der Waals surface area contributed by atoms with Gasteiger partial charge in [-0.3, -0.25) is 4.68 Å². The molecule has 0 saturated heterocycles. The van der Waals surface area contributed by atoms with Gasteiger partial charge in [-0.05, 0) is 31.4 Å². The largest absolute Gasteiger partial charge is 0.308 e. The molecule has 19 heavy (non-hydrogen) atoms. The maximum Gasteiger partial charge on any atom is 0.0666 e. The minimum atomic E-state index is 0.879. The third-order valence-electron chi connectivity index (χ3n) is 3.46. The number of nitrogens with one attached hydrogen (secondary N) is 1. The molecule has 1 heterocycles. The van der Waals surface area contributed by atoms with Crippen LogP contribution in [0.1, 0.15) is 34.9 Å². The molecule has 3 heteroatoms. The van der Waals surface area contributed by atoms with Crippen molar-refractivity contribution in [1.29, 1.82) is 0 Å². The predicted octanol–water partition coefficient (Wildman–Crippen LogP) is 2.89. The first-order chi connectivity index (χ1) is 9.10. The Hall–Kier alpha value is -1.61. The van der Waals surface area contributed by atoms with Crippen molar-refractivity contribution >= 4 is 0 Å². The van der Waals surface area contributed by atoms with E-state index in [0.717, 1.165) is 19.5 Å². The average molecular weight is 257 g/mol. The second kappa shape index (κ2) is 6.02. The fourth-order valence-electron chi connectivity index (χ4n) is 2.40. The van der Waals surface area contributed by atoms with Gasteiger partial charge in [-0.25, -0.2) is 0 Å². The summed E-state index contributed by atoms with van der Waals surface area (Å²) in [6, 6.07) is 6.62. The maximum atomic E-state index is 4.46. The summed E-state index contributed by atoms with van der Waals surface area (Å²) in [6.45, 7) is 8.24. The Balaban J connectivity index is 1.96. The lowest BCUT2D eigenvalue weighted by molar-refractivity contribution is 0.685. The van der Waals surface area contributed by atoms with E-state index in [1.165, 1.54) is 27.9 Å². The number of nitrogens with zero attached hydrogens (tertiary/aromatic N) is 2. The molecule has 1 N–H and O–H groups in total. The van der Waals surface area contributed by atoms with Crippen molar-refractivity contribution in [2.24, 2.45) is 7.05 Å². The summed E-state index contributed by atoms with van der Waals surface area (Å²) in [5.41, 5.74) is 6.54. The van der Waals surface area contributed by atoms with Crippen molar-refractivity contribution < 1.29 is 0 Å². The van der Waals surface area contributed by atoms with Crippen LogP contribution in [0.2, 0.25) is 0 Å². The number of aryl methyl sites for hydroxylation is 4. The Morgan fingerprint density at radius 1 is 1.16 bits per heavy atom. The van der Waals surface area contributed by atoms with E-state index >= 15 is 0 Å². The van der Waals surface area contributed by atoms with Gasteiger partial charge < -0.3 is 5.32 Å². The highest BCUT2D eigenvalue weighted by Gasteiger charge is 2.05. The van der Waals surface area contributed by atoms with Crippen LogP contribution < -0.4 is 5.32 Å². The van der Waals surface area contributed by atoms with Crippen LogP contribution in [0.25, 0.3) is 0 Å². The monoisotopic (exact) mass is 257 g/mol. The summed E-state index contributed by atoms with van der Waals surface area (Å²) in [6.07, 6.45) is 3.09. The van der Waals surface area contributed by atoms with E-state index in [4.69, 9.17) is 0 Å². The second-order valence-electron chi connectivity index (χ2n) is 5.16. The molecule has 1 aromatic carbocycles. The van der Waals surface area contributed by atoms with Crippen LogP contribution in [0, 0.1) is 13.8 Å². The van der Waals surface area contributed by atoms with Gasteiger partial charge in [0.05, 0.1) is 5.69 Å². The van der Waals surface area contributed by atoms with Crippen molar-refractivity contribution in [1.82, 2.24) is 15.1 Å². The molecule has 1 aromatic heterocycles. The molecule has 102 valence electrons. The summed E-state index contributed by atoms with van der Waals surface area (Å²) in [5, 5.41) is 7.97. The van der Waals surface area contributed by atoms with E-state index in [0.29, 0.717) is 0 Å². The van der Waals surface area contributed by atoms with Crippen LogP contribution in [0.3, 0.4) is 0 Å². The molecule has 0 fully saturated rings. The molecule has 3 nitrogen and oxygen atoms in total. The molecule has 0 aliphatic rings. The van der Waals surface area contributed by atoms with Gasteiger partial charge in [0, 0.05) is 31.9 Å². The van der Waals surface area contributed by atoms with Crippen molar-refractivity contribution in [3.63, 3.8) is 0 Å². The van der Waals surface area contributed by atoms with Gasteiger partial charge in [-0.2, -0.15) is 5.10 Å². The summed E-state index contributed by atoms with van der Waals surface area (Å²) in [5.74, 6) is 0. The first-order valence-electron chi connectivity index (χ1n) is 6.88. The smallest absolute Gasteiger partial charge is 0.0666 e. The fraction of sp³-hybridized carbons (Fsp3) is 0.438. The van der Waals surface area contributed by atoms with Crippen LogP contribution in [0.4, 0.5) is 0 Å². The first-order valence-corrected chi connectivity index (χ1v) is 6.88. The van der Waals surface area contributed by atoms with Crippen LogP contribution >= 0.6 is 0 Å². The summed E-state index contributed by atoms with van der Waals surface area (Å²) < 4.78 is 1.90. The van der Waals surface area contributed by atoms with Crippen molar-refractivity contribution in [2.75, 3.05) is 0 Å². The molecular formula is C16H23N3. The summed E-state index contributed by atoms with van der Waals surface area (Å²) in [4.78, 5) is 0. The molecule has 0 saturated carbocycles. The zero-order valence-corrected chi connectivity index (χ0v) is 12.3. The van der Waals surface area contributed by atoms with Crippen LogP contribution in [-0.4, -0.2) is 9.78 Å². The summed E-state index contributed by atoms with van der Waals surface area (Å²) >= 11 is 0. The number of hydrogen-bond donors (Lipinski definition) is 1.